The molecule has 0 radical (unpaired) electrons. The summed E-state index contributed by atoms with van der Waals surface area (Å²) in [5, 5.41) is 11.0. The lowest BCUT2D eigenvalue weighted by Crippen LogP contribution is -2.26. The number of hydrogen-bond acceptors (Lipinski definition) is 5. The number of carbonyl (C=O) groups is 1. The summed E-state index contributed by atoms with van der Waals surface area (Å²) in [6, 6.07) is 17.3. The van der Waals surface area contributed by atoms with Gasteiger partial charge in [-0.3, -0.25) is 14.5 Å². The molecule has 42 heavy (non-hydrogen) atoms. The van der Waals surface area contributed by atoms with Gasteiger partial charge < -0.3 is 10.1 Å². The largest absolute Gasteiger partial charge is 0.507 e. The molecular weight excluding hydrogens is 585 g/mol. The molecule has 5 nitrogen and oxygen atoms in total. The Morgan fingerprint density at radius 3 is 2.48 bits per heavy atom. The van der Waals surface area contributed by atoms with Crippen LogP contribution in [0.5, 0.6) is 5.75 Å². The van der Waals surface area contributed by atoms with Gasteiger partial charge in [-0.05, 0) is 67.9 Å². The minimum absolute atomic E-state index is 0.0430. The molecule has 0 unspecified atom stereocenters. The highest BCUT2D eigenvalue weighted by Crippen LogP contribution is 2.42. The number of nitrogens with one attached hydrogen (secondary N) is 1. The summed E-state index contributed by atoms with van der Waals surface area (Å²) >= 11 is 7.12. The van der Waals surface area contributed by atoms with Gasteiger partial charge in [0.15, 0.2) is 0 Å². The van der Waals surface area contributed by atoms with Crippen molar-refractivity contribution in [2.45, 2.75) is 50.2 Å². The van der Waals surface area contributed by atoms with E-state index in [1.807, 2.05) is 18.2 Å². The Morgan fingerprint density at radius 1 is 1.02 bits per heavy atom. The van der Waals surface area contributed by atoms with Crippen LogP contribution in [0.3, 0.4) is 0 Å². The Morgan fingerprint density at radius 2 is 1.76 bits per heavy atom. The molecule has 10 heteroatoms. The number of pyridine rings is 1. The van der Waals surface area contributed by atoms with Gasteiger partial charge in [-0.15, -0.1) is 11.8 Å². The molecule has 0 aliphatic carbocycles. The number of aromatic hydroxyl groups is 1. The molecule has 0 saturated carbocycles. The lowest BCUT2D eigenvalue weighted by atomic mass is 9.98. The fourth-order valence-electron chi connectivity index (χ4n) is 4.78. The summed E-state index contributed by atoms with van der Waals surface area (Å²) in [6.07, 6.45) is -1.56. The van der Waals surface area contributed by atoms with Gasteiger partial charge in [-0.2, -0.15) is 13.2 Å². The SMILES string of the molecule is CCCCN(CCCC(=O)CSc1c(-c2cc(Cl)ccc2O)c2cc(C(F)(F)F)ccc2[nH]c1=O)Cc1ccccc1. The van der Waals surface area contributed by atoms with Crippen LogP contribution in [-0.4, -0.2) is 39.6 Å². The molecule has 1 heterocycles. The Hall–Kier alpha value is -3.27. The highest BCUT2D eigenvalue weighted by atomic mass is 35.5. The second kappa shape index (κ2) is 14.3. The zero-order valence-corrected chi connectivity index (χ0v) is 24.7. The van der Waals surface area contributed by atoms with E-state index in [4.69, 9.17) is 11.6 Å². The molecule has 2 N–H and O–H groups in total. The number of nitrogens with zero attached hydrogens (tertiary/aromatic N) is 1. The van der Waals surface area contributed by atoms with Crippen LogP contribution in [0.2, 0.25) is 5.02 Å². The van der Waals surface area contributed by atoms with Crippen LogP contribution in [0.25, 0.3) is 22.0 Å². The first-order chi connectivity index (χ1) is 20.1. The third-order valence-electron chi connectivity index (χ3n) is 6.91. The van der Waals surface area contributed by atoms with Crippen molar-refractivity contribution in [3.8, 4) is 16.9 Å². The van der Waals surface area contributed by atoms with Gasteiger partial charge >= 0.3 is 6.18 Å². The van der Waals surface area contributed by atoms with Crippen LogP contribution >= 0.6 is 23.4 Å². The first-order valence-corrected chi connectivity index (χ1v) is 15.1. The van der Waals surface area contributed by atoms with Crippen molar-refractivity contribution >= 4 is 40.0 Å². The van der Waals surface area contributed by atoms with E-state index in [-0.39, 0.29) is 49.2 Å². The van der Waals surface area contributed by atoms with Gasteiger partial charge in [0.1, 0.15) is 11.5 Å². The standard InChI is InChI=1S/C32H32ClF3N2O3S/c1-2-3-15-38(19-21-8-5-4-6-9-21)16-7-10-24(39)20-42-30-29(26-18-23(33)12-14-28(26)40)25-17-22(32(34,35)36)11-13-27(25)37-31(30)41/h4-6,8-9,11-14,17-18,40H,2-3,7,10,15-16,19-20H2,1H3,(H,37,41). The number of ketones is 1. The van der Waals surface area contributed by atoms with Gasteiger partial charge in [-0.25, -0.2) is 0 Å². The molecule has 0 aliphatic rings. The molecule has 0 spiro atoms. The number of rotatable bonds is 13. The van der Waals surface area contributed by atoms with E-state index in [0.717, 1.165) is 56.4 Å². The molecule has 0 fully saturated rings. The predicted molar refractivity (Wildman–Crippen MR) is 163 cm³/mol. The van der Waals surface area contributed by atoms with Crippen molar-refractivity contribution in [3.05, 3.63) is 93.2 Å². The quantitative estimate of drug-likeness (QED) is 0.148. The molecule has 222 valence electrons. The summed E-state index contributed by atoms with van der Waals surface area (Å²) in [5.74, 6) is -0.377. The Bertz CT molecular complexity index is 1590. The van der Waals surface area contributed by atoms with E-state index in [0.29, 0.717) is 12.8 Å². The van der Waals surface area contributed by atoms with E-state index in [9.17, 15) is 27.9 Å². The number of benzene rings is 3. The van der Waals surface area contributed by atoms with Crippen LogP contribution in [0.1, 0.15) is 43.7 Å². The Kier molecular flexibility index (Phi) is 10.8. The van der Waals surface area contributed by atoms with Crippen molar-refractivity contribution in [1.82, 2.24) is 9.88 Å². The van der Waals surface area contributed by atoms with Gasteiger partial charge in [0.2, 0.25) is 0 Å². The molecule has 1 aromatic heterocycles. The normalized spacial score (nSPS) is 11.9. The molecule has 4 aromatic rings. The fraction of sp³-hybridized carbons (Fsp3) is 0.312. The fourth-order valence-corrected chi connectivity index (χ4v) is 5.95. The number of hydrogen-bond donors (Lipinski definition) is 2. The predicted octanol–water partition coefficient (Wildman–Crippen LogP) is 8.32. The molecule has 0 bridgehead atoms. The average Bonchev–Trinajstić information content (AvgIpc) is 2.95. The number of H-pyrrole nitrogens is 1. The summed E-state index contributed by atoms with van der Waals surface area (Å²) in [6.45, 7) is 4.59. The molecule has 3 aromatic carbocycles. The second-order valence-corrected chi connectivity index (χ2v) is 11.5. The summed E-state index contributed by atoms with van der Waals surface area (Å²) in [5.41, 5.74) is 0.120. The highest BCUT2D eigenvalue weighted by molar-refractivity contribution is 8.00. The van der Waals surface area contributed by atoms with Crippen molar-refractivity contribution in [2.75, 3.05) is 18.8 Å². The summed E-state index contributed by atoms with van der Waals surface area (Å²) < 4.78 is 40.8. The van der Waals surface area contributed by atoms with E-state index in [1.54, 1.807) is 0 Å². The number of thioether (sulfide) groups is 1. The van der Waals surface area contributed by atoms with Crippen LogP contribution in [0, 0.1) is 0 Å². The van der Waals surface area contributed by atoms with Crippen molar-refractivity contribution < 1.29 is 23.1 Å². The number of aromatic nitrogens is 1. The number of aromatic amines is 1. The maximum Gasteiger partial charge on any atom is 0.416 e. The van der Waals surface area contributed by atoms with Crippen LogP contribution < -0.4 is 5.56 Å². The number of alkyl halides is 3. The Labute approximate surface area is 251 Å². The third kappa shape index (κ3) is 8.18. The maximum absolute atomic E-state index is 13.6. The zero-order chi connectivity index (χ0) is 30.3. The number of halogens is 4. The lowest BCUT2D eigenvalue weighted by molar-refractivity contribution is -0.137. The Balaban J connectivity index is 1.55. The van der Waals surface area contributed by atoms with Crippen LogP contribution in [0.4, 0.5) is 13.2 Å². The maximum atomic E-state index is 13.6. The minimum Gasteiger partial charge on any atom is -0.507 e. The van der Waals surface area contributed by atoms with Crippen LogP contribution in [-0.2, 0) is 17.5 Å². The van der Waals surface area contributed by atoms with Gasteiger partial charge in [-0.1, -0.05) is 55.3 Å². The third-order valence-corrected chi connectivity index (χ3v) is 8.29. The number of fused-ring (bicyclic) bond motifs is 1. The first kappa shape index (κ1) is 31.7. The highest BCUT2D eigenvalue weighted by Gasteiger charge is 2.31. The van der Waals surface area contributed by atoms with E-state index in [1.165, 1.54) is 29.8 Å². The van der Waals surface area contributed by atoms with Crippen molar-refractivity contribution in [1.29, 1.82) is 0 Å². The number of phenols is 1. The monoisotopic (exact) mass is 616 g/mol. The molecular formula is C32H32ClF3N2O3S. The minimum atomic E-state index is -4.62. The van der Waals surface area contributed by atoms with E-state index < -0.39 is 17.3 Å². The van der Waals surface area contributed by atoms with Crippen molar-refractivity contribution in [2.24, 2.45) is 0 Å². The van der Waals surface area contributed by atoms with Gasteiger partial charge in [0.05, 0.1) is 16.2 Å². The second-order valence-electron chi connectivity index (χ2n) is 10.1. The van der Waals surface area contributed by atoms with E-state index >= 15 is 0 Å². The first-order valence-electron chi connectivity index (χ1n) is 13.7. The molecule has 0 amide bonds. The topological polar surface area (TPSA) is 73.4 Å². The van der Waals surface area contributed by atoms with Crippen LogP contribution in [0.15, 0.2) is 76.4 Å². The number of Topliss-reactive ketones (excluding diaryl/α,β-unsaturated/α-hetero) is 1. The van der Waals surface area contributed by atoms with Crippen molar-refractivity contribution in [3.63, 3.8) is 0 Å². The number of carbonyl (C=O) groups excluding carboxylic acids is 1. The average molecular weight is 617 g/mol. The van der Waals surface area contributed by atoms with E-state index in [2.05, 4.69) is 28.9 Å². The number of phenolic OH excluding ortho intramolecular Hbond substituents is 1. The van der Waals surface area contributed by atoms with Gasteiger partial charge in [0.25, 0.3) is 5.56 Å². The lowest BCUT2D eigenvalue weighted by Gasteiger charge is -2.22. The zero-order valence-electron chi connectivity index (χ0n) is 23.1. The molecule has 0 aliphatic heterocycles. The van der Waals surface area contributed by atoms with Gasteiger partial charge in [0, 0.05) is 40.0 Å². The number of unbranched alkanes of at least 4 members (excludes halogenated alkanes) is 1. The molecule has 0 saturated heterocycles. The molecule has 4 rings (SSSR count). The summed E-state index contributed by atoms with van der Waals surface area (Å²) in [4.78, 5) is 31.1. The summed E-state index contributed by atoms with van der Waals surface area (Å²) in [7, 11) is 0. The molecule has 0 atom stereocenters. The smallest absolute Gasteiger partial charge is 0.416 e.